The van der Waals surface area contributed by atoms with E-state index in [1.807, 2.05) is 43.3 Å². The number of benzene rings is 3. The van der Waals surface area contributed by atoms with Gasteiger partial charge in [-0.1, -0.05) is 54.6 Å². The number of para-hydroxylation sites is 3. The summed E-state index contributed by atoms with van der Waals surface area (Å²) < 4.78 is 6.98. The molecule has 7 nitrogen and oxygen atoms in total. The molecule has 7 heteroatoms. The summed E-state index contributed by atoms with van der Waals surface area (Å²) in [5.41, 5.74) is 3.41. The van der Waals surface area contributed by atoms with Crippen LogP contribution in [0.15, 0.2) is 83.7 Å². The molecule has 0 fully saturated rings. The molecule has 5 rings (SSSR count). The Morgan fingerprint density at radius 2 is 1.67 bits per heavy atom. The number of pyridine rings is 1. The van der Waals surface area contributed by atoms with Crippen LogP contribution in [0.5, 0.6) is 5.75 Å². The second kappa shape index (κ2) is 10.1. The number of fused-ring (bicyclic) bond motifs is 2. The highest BCUT2D eigenvalue weighted by Gasteiger charge is 2.24. The molecule has 0 atom stereocenters. The van der Waals surface area contributed by atoms with Gasteiger partial charge in [0.15, 0.2) is 0 Å². The smallest absolute Gasteiger partial charge is 0.255 e. The van der Waals surface area contributed by atoms with Crippen LogP contribution in [0.2, 0.25) is 0 Å². The lowest BCUT2D eigenvalue weighted by Gasteiger charge is -2.29. The Hall–Kier alpha value is -4.39. The highest BCUT2D eigenvalue weighted by Crippen LogP contribution is 2.25. The quantitative estimate of drug-likeness (QED) is 0.447. The van der Waals surface area contributed by atoms with Crippen LogP contribution in [-0.4, -0.2) is 34.4 Å². The van der Waals surface area contributed by atoms with Crippen LogP contribution < -0.4 is 15.6 Å². The minimum Gasteiger partial charge on any atom is -0.492 e. The molecular formula is C29H27N3O4. The van der Waals surface area contributed by atoms with Crippen molar-refractivity contribution >= 4 is 28.4 Å². The van der Waals surface area contributed by atoms with Gasteiger partial charge >= 0.3 is 0 Å². The first-order chi connectivity index (χ1) is 17.5. The van der Waals surface area contributed by atoms with Gasteiger partial charge in [-0.15, -0.1) is 0 Å². The number of nitrogens with one attached hydrogen (secondary N) is 1. The van der Waals surface area contributed by atoms with E-state index in [4.69, 9.17) is 4.74 Å². The first-order valence-corrected chi connectivity index (χ1v) is 12.1. The van der Waals surface area contributed by atoms with Crippen molar-refractivity contribution in [2.45, 2.75) is 26.4 Å². The van der Waals surface area contributed by atoms with Crippen molar-refractivity contribution in [1.29, 1.82) is 0 Å². The van der Waals surface area contributed by atoms with Crippen molar-refractivity contribution in [1.82, 2.24) is 9.47 Å². The van der Waals surface area contributed by atoms with E-state index in [1.165, 1.54) is 16.2 Å². The maximum atomic E-state index is 13.5. The molecule has 0 radical (unpaired) electrons. The second-order valence-corrected chi connectivity index (χ2v) is 8.72. The summed E-state index contributed by atoms with van der Waals surface area (Å²) in [6.45, 7) is 3.25. The molecule has 182 valence electrons. The number of carbonyl (C=O) groups is 2. The number of aromatic nitrogens is 1. The zero-order chi connectivity index (χ0) is 25.1. The van der Waals surface area contributed by atoms with Gasteiger partial charge in [0.2, 0.25) is 5.91 Å². The largest absolute Gasteiger partial charge is 0.492 e. The van der Waals surface area contributed by atoms with Gasteiger partial charge in [0.05, 0.1) is 23.4 Å². The first kappa shape index (κ1) is 23.4. The van der Waals surface area contributed by atoms with Gasteiger partial charge in [0, 0.05) is 24.5 Å². The molecule has 0 bridgehead atoms. The molecule has 1 N–H and O–H groups in total. The van der Waals surface area contributed by atoms with Gasteiger partial charge in [0.25, 0.3) is 11.5 Å². The SMILES string of the molecule is CCOc1ccccc1NC(=O)Cn1c(=O)cc(C(=O)N2CCc3ccccc3C2)c2ccccc21. The molecule has 2 amide bonds. The van der Waals surface area contributed by atoms with Crippen molar-refractivity contribution in [3.63, 3.8) is 0 Å². The highest BCUT2D eigenvalue weighted by molar-refractivity contribution is 6.06. The van der Waals surface area contributed by atoms with Crippen LogP contribution >= 0.6 is 0 Å². The fourth-order valence-electron chi connectivity index (χ4n) is 4.70. The fraction of sp³-hybridized carbons (Fsp3) is 0.207. The van der Waals surface area contributed by atoms with E-state index < -0.39 is 5.56 Å². The minimum atomic E-state index is -0.400. The molecule has 0 saturated carbocycles. The summed E-state index contributed by atoms with van der Waals surface area (Å²) >= 11 is 0. The van der Waals surface area contributed by atoms with Gasteiger partial charge in [0.1, 0.15) is 12.3 Å². The molecule has 0 saturated heterocycles. The van der Waals surface area contributed by atoms with Crippen LogP contribution in [0.3, 0.4) is 0 Å². The van der Waals surface area contributed by atoms with Crippen molar-refractivity contribution < 1.29 is 14.3 Å². The number of ether oxygens (including phenoxy) is 1. The topological polar surface area (TPSA) is 80.6 Å². The molecule has 36 heavy (non-hydrogen) atoms. The molecule has 1 aliphatic heterocycles. The zero-order valence-corrected chi connectivity index (χ0v) is 20.1. The molecule has 0 aliphatic carbocycles. The van der Waals surface area contributed by atoms with E-state index in [9.17, 15) is 14.4 Å². The molecule has 4 aromatic rings. The summed E-state index contributed by atoms with van der Waals surface area (Å²) in [7, 11) is 0. The number of rotatable bonds is 6. The number of carbonyl (C=O) groups excluding carboxylic acids is 2. The summed E-state index contributed by atoms with van der Waals surface area (Å²) in [5, 5.41) is 3.48. The summed E-state index contributed by atoms with van der Waals surface area (Å²) in [4.78, 5) is 41.4. The van der Waals surface area contributed by atoms with Gasteiger partial charge in [-0.25, -0.2) is 0 Å². The standard InChI is InChI=1S/C29H27N3O4/c1-2-36-26-14-8-6-12-24(26)30-27(33)19-32-25-13-7-5-11-22(25)23(17-28(32)34)29(35)31-16-15-20-9-3-4-10-21(20)18-31/h3-14,17H,2,15-16,18-19H2,1H3,(H,30,33). The first-order valence-electron chi connectivity index (χ1n) is 12.1. The van der Waals surface area contributed by atoms with E-state index in [-0.39, 0.29) is 18.4 Å². The van der Waals surface area contributed by atoms with Crippen molar-refractivity contribution in [2.24, 2.45) is 0 Å². The molecule has 1 aromatic heterocycles. The second-order valence-electron chi connectivity index (χ2n) is 8.72. The normalized spacial score (nSPS) is 12.8. The average molecular weight is 482 g/mol. The summed E-state index contributed by atoms with van der Waals surface area (Å²) in [6.07, 6.45) is 0.778. The van der Waals surface area contributed by atoms with E-state index in [2.05, 4.69) is 11.4 Å². The van der Waals surface area contributed by atoms with Crippen LogP contribution in [0, 0.1) is 0 Å². The Labute approximate surface area is 208 Å². The summed E-state index contributed by atoms with van der Waals surface area (Å²) in [6, 6.07) is 23.8. The van der Waals surface area contributed by atoms with Crippen molar-refractivity contribution in [3.05, 3.63) is 106 Å². The molecule has 3 aromatic carbocycles. The van der Waals surface area contributed by atoms with Gasteiger partial charge in [-0.3, -0.25) is 19.0 Å². The van der Waals surface area contributed by atoms with Gasteiger partial charge in [-0.2, -0.15) is 0 Å². The Balaban J connectivity index is 1.44. The molecule has 0 spiro atoms. The van der Waals surface area contributed by atoms with Crippen molar-refractivity contribution in [3.8, 4) is 5.75 Å². The number of amides is 2. The Bertz CT molecular complexity index is 1510. The Morgan fingerprint density at radius 3 is 2.50 bits per heavy atom. The van der Waals surface area contributed by atoms with Gasteiger partial charge in [-0.05, 0) is 42.7 Å². The highest BCUT2D eigenvalue weighted by atomic mass is 16.5. The van der Waals surface area contributed by atoms with E-state index in [1.54, 1.807) is 35.2 Å². The third-order valence-corrected chi connectivity index (χ3v) is 6.43. The number of nitrogens with zero attached hydrogens (tertiary/aromatic N) is 2. The fourth-order valence-corrected chi connectivity index (χ4v) is 4.70. The Morgan fingerprint density at radius 1 is 0.944 bits per heavy atom. The van der Waals surface area contributed by atoms with Crippen LogP contribution in [0.4, 0.5) is 5.69 Å². The average Bonchev–Trinajstić information content (AvgIpc) is 2.90. The van der Waals surface area contributed by atoms with E-state index in [0.717, 1.165) is 12.0 Å². The number of anilines is 1. The molecule has 2 heterocycles. The summed E-state index contributed by atoms with van der Waals surface area (Å²) in [5.74, 6) is 0.0239. The van der Waals surface area contributed by atoms with Crippen molar-refractivity contribution in [2.75, 3.05) is 18.5 Å². The third kappa shape index (κ3) is 4.60. The number of hydrogen-bond acceptors (Lipinski definition) is 4. The maximum absolute atomic E-state index is 13.5. The molecular weight excluding hydrogens is 454 g/mol. The lowest BCUT2D eigenvalue weighted by atomic mass is 9.98. The minimum absolute atomic E-state index is 0.181. The zero-order valence-electron chi connectivity index (χ0n) is 20.1. The lowest BCUT2D eigenvalue weighted by Crippen LogP contribution is -2.37. The van der Waals surface area contributed by atoms with Crippen LogP contribution in [-0.2, 0) is 24.3 Å². The molecule has 1 aliphatic rings. The lowest BCUT2D eigenvalue weighted by molar-refractivity contribution is -0.116. The predicted octanol–water partition coefficient (Wildman–Crippen LogP) is 4.24. The van der Waals surface area contributed by atoms with E-state index in [0.29, 0.717) is 47.6 Å². The maximum Gasteiger partial charge on any atom is 0.255 e. The Kier molecular flexibility index (Phi) is 6.54. The van der Waals surface area contributed by atoms with Crippen LogP contribution in [0.1, 0.15) is 28.4 Å². The predicted molar refractivity (Wildman–Crippen MR) is 139 cm³/mol. The third-order valence-electron chi connectivity index (χ3n) is 6.43. The van der Waals surface area contributed by atoms with E-state index >= 15 is 0 Å². The van der Waals surface area contributed by atoms with Gasteiger partial charge < -0.3 is 15.0 Å². The number of hydrogen-bond donors (Lipinski definition) is 1. The van der Waals surface area contributed by atoms with Crippen LogP contribution in [0.25, 0.3) is 10.9 Å². The monoisotopic (exact) mass is 481 g/mol. The molecule has 0 unspecified atom stereocenters.